The van der Waals surface area contributed by atoms with Crippen LogP contribution in [0.4, 0.5) is 0 Å². The molecule has 21 heavy (non-hydrogen) atoms. The van der Waals surface area contributed by atoms with E-state index in [-0.39, 0.29) is 0 Å². The van der Waals surface area contributed by atoms with Crippen LogP contribution in [-0.2, 0) is 9.84 Å². The van der Waals surface area contributed by atoms with Crippen molar-refractivity contribution in [2.24, 2.45) is 0 Å². The Morgan fingerprint density at radius 3 is 2.14 bits per heavy atom. The Balaban J connectivity index is 2.21. The van der Waals surface area contributed by atoms with Crippen molar-refractivity contribution in [2.75, 3.05) is 6.26 Å². The van der Waals surface area contributed by atoms with Crippen molar-refractivity contribution in [1.82, 2.24) is 0 Å². The van der Waals surface area contributed by atoms with Gasteiger partial charge in [0, 0.05) is 20.5 Å². The molecule has 0 fully saturated rings. The lowest BCUT2D eigenvalue weighted by atomic mass is 10.1. The van der Waals surface area contributed by atoms with E-state index < -0.39 is 15.9 Å². The molecule has 2 rings (SSSR count). The van der Waals surface area contributed by atoms with Crippen molar-refractivity contribution in [3.8, 4) is 0 Å². The first kappa shape index (κ1) is 16.5. The van der Waals surface area contributed by atoms with Crippen LogP contribution in [0.25, 0.3) is 0 Å². The highest BCUT2D eigenvalue weighted by Gasteiger charge is 2.09. The molecule has 0 saturated carbocycles. The summed E-state index contributed by atoms with van der Waals surface area (Å²) in [7, 11) is -3.16. The van der Waals surface area contributed by atoms with Crippen LogP contribution in [-0.4, -0.2) is 19.8 Å². The van der Waals surface area contributed by atoms with Crippen LogP contribution in [0, 0.1) is 0 Å². The fourth-order valence-electron chi connectivity index (χ4n) is 1.80. The Labute approximate surface area is 137 Å². The fourth-order valence-corrected chi connectivity index (χ4v) is 4.15. The summed E-state index contributed by atoms with van der Waals surface area (Å²) >= 11 is 4.98. The Kier molecular flexibility index (Phi) is 5.14. The molecule has 3 nitrogen and oxygen atoms in total. The average Bonchev–Trinajstić information content (AvgIpc) is 2.38. The Morgan fingerprint density at radius 2 is 1.67 bits per heavy atom. The maximum Gasteiger partial charge on any atom is 0.175 e. The van der Waals surface area contributed by atoms with Crippen LogP contribution in [0.2, 0.25) is 0 Å². The third-order valence-electron chi connectivity index (χ3n) is 2.91. The van der Waals surface area contributed by atoms with Crippen molar-refractivity contribution < 1.29 is 13.5 Å². The van der Waals surface area contributed by atoms with Crippen LogP contribution in [0.15, 0.2) is 61.6 Å². The number of halogens is 1. The molecule has 0 aromatic heterocycles. The maximum absolute atomic E-state index is 11.4. The monoisotopic (exact) mass is 386 g/mol. The summed E-state index contributed by atoms with van der Waals surface area (Å²) in [5.74, 6) is 0. The summed E-state index contributed by atoms with van der Waals surface area (Å²) in [4.78, 5) is 2.29. The second-order valence-corrected chi connectivity index (χ2v) is 8.72. The molecule has 112 valence electrons. The van der Waals surface area contributed by atoms with Gasteiger partial charge in [0.15, 0.2) is 9.84 Å². The summed E-state index contributed by atoms with van der Waals surface area (Å²) in [5, 5.41) is 9.60. The van der Waals surface area contributed by atoms with E-state index in [0.29, 0.717) is 4.90 Å². The minimum absolute atomic E-state index is 0.317. The largest absolute Gasteiger partial charge is 0.389 e. The molecule has 1 atom stereocenters. The molecule has 0 aliphatic heterocycles. The first-order chi connectivity index (χ1) is 9.77. The molecule has 1 N–H and O–H groups in total. The third-order valence-corrected chi connectivity index (χ3v) is 5.72. The van der Waals surface area contributed by atoms with Gasteiger partial charge in [0.05, 0.1) is 11.0 Å². The molecule has 2 aromatic carbocycles. The van der Waals surface area contributed by atoms with Crippen molar-refractivity contribution in [2.45, 2.75) is 27.7 Å². The van der Waals surface area contributed by atoms with E-state index in [2.05, 4.69) is 15.9 Å². The van der Waals surface area contributed by atoms with E-state index in [1.165, 1.54) is 18.0 Å². The molecule has 6 heteroatoms. The number of rotatable bonds is 4. The van der Waals surface area contributed by atoms with Gasteiger partial charge in [-0.05, 0) is 48.9 Å². The summed E-state index contributed by atoms with van der Waals surface area (Å²) < 4.78 is 23.7. The Bertz CT molecular complexity index is 738. The highest BCUT2D eigenvalue weighted by atomic mass is 79.9. The van der Waals surface area contributed by atoms with Gasteiger partial charge in [-0.1, -0.05) is 33.8 Å². The first-order valence-corrected chi connectivity index (χ1v) is 9.73. The van der Waals surface area contributed by atoms with Gasteiger partial charge < -0.3 is 5.11 Å². The van der Waals surface area contributed by atoms with Crippen molar-refractivity contribution in [3.63, 3.8) is 0 Å². The van der Waals surface area contributed by atoms with Gasteiger partial charge in [-0.25, -0.2) is 8.42 Å². The van der Waals surface area contributed by atoms with Gasteiger partial charge in [-0.15, -0.1) is 0 Å². The van der Waals surface area contributed by atoms with Crippen LogP contribution in [0.3, 0.4) is 0 Å². The second kappa shape index (κ2) is 6.52. The van der Waals surface area contributed by atoms with Gasteiger partial charge in [0.2, 0.25) is 0 Å². The lowest BCUT2D eigenvalue weighted by Crippen LogP contribution is -1.96. The van der Waals surface area contributed by atoms with Crippen molar-refractivity contribution >= 4 is 37.5 Å². The topological polar surface area (TPSA) is 54.4 Å². The predicted molar refractivity (Wildman–Crippen MR) is 88.5 cm³/mol. The zero-order valence-corrected chi connectivity index (χ0v) is 14.8. The summed E-state index contributed by atoms with van der Waals surface area (Å²) in [5.41, 5.74) is 0.840. The average molecular weight is 387 g/mol. The van der Waals surface area contributed by atoms with E-state index in [9.17, 15) is 13.5 Å². The molecule has 0 heterocycles. The normalized spacial score (nSPS) is 13.1. The van der Waals surface area contributed by atoms with Crippen molar-refractivity contribution in [3.05, 3.63) is 52.5 Å². The molecule has 0 spiro atoms. The van der Waals surface area contributed by atoms with E-state index in [0.717, 1.165) is 19.8 Å². The maximum atomic E-state index is 11.4. The number of aliphatic hydroxyl groups excluding tert-OH is 1. The molecular formula is C15H15BrO3S2. The second-order valence-electron chi connectivity index (χ2n) is 4.70. The fraction of sp³-hybridized carbons (Fsp3) is 0.200. The molecule has 2 aromatic rings. The molecule has 0 unspecified atom stereocenters. The highest BCUT2D eigenvalue weighted by molar-refractivity contribution is 9.10. The van der Waals surface area contributed by atoms with E-state index in [1.54, 1.807) is 31.2 Å². The number of hydrogen-bond donors (Lipinski definition) is 1. The number of sulfone groups is 1. The molecule has 0 bridgehead atoms. The quantitative estimate of drug-likeness (QED) is 0.860. The van der Waals surface area contributed by atoms with Gasteiger partial charge in [0.25, 0.3) is 0 Å². The van der Waals surface area contributed by atoms with Gasteiger partial charge >= 0.3 is 0 Å². The zero-order valence-electron chi connectivity index (χ0n) is 11.6. The van der Waals surface area contributed by atoms with E-state index in [1.807, 2.05) is 18.2 Å². The zero-order chi connectivity index (χ0) is 15.6. The number of hydrogen-bond acceptors (Lipinski definition) is 4. The third kappa shape index (κ3) is 4.32. The Morgan fingerprint density at radius 1 is 1.10 bits per heavy atom. The van der Waals surface area contributed by atoms with Crippen LogP contribution >= 0.6 is 27.7 Å². The Hall–Kier alpha value is -0.820. The predicted octanol–water partition coefficient (Wildman–Crippen LogP) is 4.06. The molecule has 0 aliphatic carbocycles. The number of aliphatic hydroxyl groups is 1. The van der Waals surface area contributed by atoms with Gasteiger partial charge in [-0.3, -0.25) is 0 Å². The molecule has 0 saturated heterocycles. The SMILES string of the molecule is C[C@H](O)c1ccc(Sc2ccc(S(C)(=O)=O)cc2)cc1Br. The minimum atomic E-state index is -3.16. The summed E-state index contributed by atoms with van der Waals surface area (Å²) in [6.45, 7) is 1.72. The smallest absolute Gasteiger partial charge is 0.175 e. The standard InChI is InChI=1S/C15H15BrO3S2/c1-10(17)14-8-5-12(9-15(14)16)20-11-3-6-13(7-4-11)21(2,18)19/h3-10,17H,1-2H3/t10-/m0/s1. The minimum Gasteiger partial charge on any atom is -0.389 e. The molecule has 0 amide bonds. The number of benzene rings is 2. The lowest BCUT2D eigenvalue weighted by molar-refractivity contribution is 0.198. The first-order valence-electron chi connectivity index (χ1n) is 6.23. The van der Waals surface area contributed by atoms with Gasteiger partial charge in [0.1, 0.15) is 0 Å². The highest BCUT2D eigenvalue weighted by Crippen LogP contribution is 2.33. The summed E-state index contributed by atoms with van der Waals surface area (Å²) in [6.07, 6.45) is 0.675. The lowest BCUT2D eigenvalue weighted by Gasteiger charge is -2.09. The van der Waals surface area contributed by atoms with Crippen LogP contribution in [0.5, 0.6) is 0 Å². The van der Waals surface area contributed by atoms with E-state index in [4.69, 9.17) is 0 Å². The summed E-state index contributed by atoms with van der Waals surface area (Å²) in [6, 6.07) is 12.5. The van der Waals surface area contributed by atoms with Gasteiger partial charge in [-0.2, -0.15) is 0 Å². The van der Waals surface area contributed by atoms with Crippen molar-refractivity contribution in [1.29, 1.82) is 0 Å². The van der Waals surface area contributed by atoms with Crippen LogP contribution in [0.1, 0.15) is 18.6 Å². The molecular weight excluding hydrogens is 372 g/mol. The van der Waals surface area contributed by atoms with E-state index >= 15 is 0 Å². The van der Waals surface area contributed by atoms with Crippen LogP contribution < -0.4 is 0 Å². The molecule has 0 aliphatic rings. The molecule has 0 radical (unpaired) electrons.